The van der Waals surface area contributed by atoms with Crippen molar-refractivity contribution in [1.29, 1.82) is 0 Å². The summed E-state index contributed by atoms with van der Waals surface area (Å²) < 4.78 is 26.9. The van der Waals surface area contributed by atoms with E-state index in [9.17, 15) is 13.2 Å². The summed E-state index contributed by atoms with van der Waals surface area (Å²) in [6.07, 6.45) is 5.67. The summed E-state index contributed by atoms with van der Waals surface area (Å²) >= 11 is 0. The molecule has 0 saturated carbocycles. The molecule has 23 heavy (non-hydrogen) atoms. The molecule has 1 amide bonds. The molecule has 0 radical (unpaired) electrons. The molecule has 2 rings (SSSR count). The highest BCUT2D eigenvalue weighted by atomic mass is 35.5. The molecule has 7 nitrogen and oxygen atoms in total. The third kappa shape index (κ3) is 5.13. The SMILES string of the molecule is Cl.NCCC(=O)NCC1CCCCN1S(=O)(=O)c1cccnc1. The predicted molar refractivity (Wildman–Crippen MR) is 89.7 cm³/mol. The first kappa shape index (κ1) is 19.8. The van der Waals surface area contributed by atoms with Crippen LogP contribution in [0.2, 0.25) is 0 Å². The first-order valence-corrected chi connectivity index (χ1v) is 8.88. The van der Waals surface area contributed by atoms with E-state index in [0.717, 1.165) is 19.3 Å². The molecule has 0 spiro atoms. The highest BCUT2D eigenvalue weighted by Crippen LogP contribution is 2.24. The Balaban J connectivity index is 0.00000264. The summed E-state index contributed by atoms with van der Waals surface area (Å²) in [5, 5.41) is 2.77. The van der Waals surface area contributed by atoms with Crippen LogP contribution < -0.4 is 11.1 Å². The Morgan fingerprint density at radius 2 is 2.22 bits per heavy atom. The number of carbonyl (C=O) groups is 1. The summed E-state index contributed by atoms with van der Waals surface area (Å²) in [7, 11) is -3.58. The van der Waals surface area contributed by atoms with Gasteiger partial charge >= 0.3 is 0 Å². The maximum absolute atomic E-state index is 12.7. The zero-order valence-corrected chi connectivity index (χ0v) is 14.5. The van der Waals surface area contributed by atoms with E-state index in [-0.39, 0.29) is 42.2 Å². The number of amides is 1. The van der Waals surface area contributed by atoms with Crippen LogP contribution in [0.15, 0.2) is 29.4 Å². The number of sulfonamides is 1. The van der Waals surface area contributed by atoms with E-state index in [1.807, 2.05) is 0 Å². The Morgan fingerprint density at radius 1 is 1.43 bits per heavy atom. The van der Waals surface area contributed by atoms with Crippen molar-refractivity contribution in [1.82, 2.24) is 14.6 Å². The standard InChI is InChI=1S/C14H22N4O3S.ClH/c15-7-6-14(19)17-10-12-4-1-2-9-18(12)22(20,21)13-5-3-8-16-11-13;/h3,5,8,11-12H,1-2,4,6-7,9-10,15H2,(H,17,19);1H. The van der Waals surface area contributed by atoms with Gasteiger partial charge in [0.15, 0.2) is 0 Å². The maximum atomic E-state index is 12.7. The van der Waals surface area contributed by atoms with Crippen molar-refractivity contribution in [3.05, 3.63) is 24.5 Å². The first-order valence-electron chi connectivity index (χ1n) is 7.44. The van der Waals surface area contributed by atoms with Gasteiger partial charge in [-0.2, -0.15) is 4.31 Å². The van der Waals surface area contributed by atoms with Crippen LogP contribution in [0, 0.1) is 0 Å². The topological polar surface area (TPSA) is 105 Å². The number of rotatable bonds is 6. The van der Waals surface area contributed by atoms with Crippen molar-refractivity contribution >= 4 is 28.3 Å². The fourth-order valence-corrected chi connectivity index (χ4v) is 4.24. The van der Waals surface area contributed by atoms with Gasteiger partial charge < -0.3 is 11.1 Å². The molecule has 1 aromatic heterocycles. The van der Waals surface area contributed by atoms with E-state index >= 15 is 0 Å². The van der Waals surface area contributed by atoms with Crippen molar-refractivity contribution in [3.8, 4) is 0 Å². The van der Waals surface area contributed by atoms with Gasteiger partial charge in [0.25, 0.3) is 0 Å². The van der Waals surface area contributed by atoms with Crippen LogP contribution >= 0.6 is 12.4 Å². The lowest BCUT2D eigenvalue weighted by Crippen LogP contribution is -2.49. The minimum absolute atomic E-state index is 0. The average molecular weight is 363 g/mol. The molecule has 130 valence electrons. The van der Waals surface area contributed by atoms with E-state index < -0.39 is 10.0 Å². The lowest BCUT2D eigenvalue weighted by Gasteiger charge is -2.34. The van der Waals surface area contributed by atoms with Gasteiger partial charge in [0.1, 0.15) is 4.90 Å². The van der Waals surface area contributed by atoms with Crippen LogP contribution in [-0.4, -0.2) is 49.3 Å². The molecule has 1 fully saturated rings. The third-order valence-electron chi connectivity index (χ3n) is 3.72. The number of hydrogen-bond acceptors (Lipinski definition) is 5. The van der Waals surface area contributed by atoms with Crippen LogP contribution in [0.4, 0.5) is 0 Å². The Hall–Kier alpha value is -1.22. The van der Waals surface area contributed by atoms with Gasteiger partial charge in [-0.1, -0.05) is 6.42 Å². The van der Waals surface area contributed by atoms with Crippen LogP contribution in [0.3, 0.4) is 0 Å². The lowest BCUT2D eigenvalue weighted by molar-refractivity contribution is -0.121. The minimum atomic E-state index is -3.58. The van der Waals surface area contributed by atoms with Gasteiger partial charge in [-0.3, -0.25) is 9.78 Å². The molecule has 1 aromatic rings. The van der Waals surface area contributed by atoms with Crippen molar-refractivity contribution < 1.29 is 13.2 Å². The summed E-state index contributed by atoms with van der Waals surface area (Å²) in [6.45, 7) is 1.07. The molecular weight excluding hydrogens is 340 g/mol. The number of hydrogen-bond donors (Lipinski definition) is 2. The van der Waals surface area contributed by atoms with Crippen molar-refractivity contribution in [2.24, 2.45) is 5.73 Å². The van der Waals surface area contributed by atoms with E-state index in [4.69, 9.17) is 5.73 Å². The van der Waals surface area contributed by atoms with Gasteiger partial charge in [-0.15, -0.1) is 12.4 Å². The molecular formula is C14H23ClN4O3S. The highest BCUT2D eigenvalue weighted by molar-refractivity contribution is 7.89. The highest BCUT2D eigenvalue weighted by Gasteiger charge is 2.33. The van der Waals surface area contributed by atoms with Gasteiger partial charge in [-0.05, 0) is 25.0 Å². The van der Waals surface area contributed by atoms with Crippen molar-refractivity contribution in [2.45, 2.75) is 36.6 Å². The van der Waals surface area contributed by atoms with E-state index in [1.165, 1.54) is 10.5 Å². The Labute approximate surface area is 143 Å². The number of piperidine rings is 1. The third-order valence-corrected chi connectivity index (χ3v) is 5.66. The second kappa shape index (κ2) is 9.17. The van der Waals surface area contributed by atoms with Crippen molar-refractivity contribution in [3.63, 3.8) is 0 Å². The average Bonchev–Trinajstić information content (AvgIpc) is 2.54. The smallest absolute Gasteiger partial charge is 0.244 e. The van der Waals surface area contributed by atoms with Gasteiger partial charge in [0.05, 0.1) is 0 Å². The van der Waals surface area contributed by atoms with Gasteiger partial charge in [0, 0.05) is 44.5 Å². The second-order valence-corrected chi connectivity index (χ2v) is 7.19. The molecule has 0 bridgehead atoms. The number of carbonyl (C=O) groups excluding carboxylic acids is 1. The monoisotopic (exact) mass is 362 g/mol. The van der Waals surface area contributed by atoms with E-state index in [1.54, 1.807) is 18.3 Å². The number of aromatic nitrogens is 1. The molecule has 1 atom stereocenters. The maximum Gasteiger partial charge on any atom is 0.244 e. The normalized spacial score (nSPS) is 18.9. The fourth-order valence-electron chi connectivity index (χ4n) is 2.58. The van der Waals surface area contributed by atoms with Gasteiger partial charge in [0.2, 0.25) is 15.9 Å². The molecule has 3 N–H and O–H groups in total. The summed E-state index contributed by atoms with van der Waals surface area (Å²) in [6, 6.07) is 2.93. The first-order chi connectivity index (χ1) is 10.6. The van der Waals surface area contributed by atoms with Crippen LogP contribution in [0.25, 0.3) is 0 Å². The molecule has 9 heteroatoms. The summed E-state index contributed by atoms with van der Waals surface area (Å²) in [4.78, 5) is 15.6. The molecule has 1 saturated heterocycles. The molecule has 1 unspecified atom stereocenters. The second-order valence-electron chi connectivity index (χ2n) is 5.30. The van der Waals surface area contributed by atoms with Crippen molar-refractivity contribution in [2.75, 3.05) is 19.6 Å². The number of nitrogens with zero attached hydrogens (tertiary/aromatic N) is 2. The molecule has 1 aliphatic rings. The summed E-state index contributed by atoms with van der Waals surface area (Å²) in [5.41, 5.74) is 5.34. The zero-order chi connectivity index (χ0) is 16.0. The largest absolute Gasteiger partial charge is 0.354 e. The Morgan fingerprint density at radius 3 is 2.87 bits per heavy atom. The predicted octanol–water partition coefficient (Wildman–Crippen LogP) is 0.512. The number of nitrogens with one attached hydrogen (secondary N) is 1. The number of nitrogens with two attached hydrogens (primary N) is 1. The Kier molecular flexibility index (Phi) is 7.90. The quantitative estimate of drug-likeness (QED) is 0.767. The van der Waals surface area contributed by atoms with E-state index in [2.05, 4.69) is 10.3 Å². The molecule has 0 aliphatic carbocycles. The summed E-state index contributed by atoms with van der Waals surface area (Å²) in [5.74, 6) is -0.146. The number of halogens is 1. The lowest BCUT2D eigenvalue weighted by atomic mass is 10.1. The molecule has 1 aliphatic heterocycles. The van der Waals surface area contributed by atoms with E-state index in [0.29, 0.717) is 13.1 Å². The zero-order valence-electron chi connectivity index (χ0n) is 12.8. The molecule has 0 aromatic carbocycles. The Bertz CT molecular complexity index is 597. The molecule has 2 heterocycles. The minimum Gasteiger partial charge on any atom is -0.354 e. The number of pyridine rings is 1. The fraction of sp³-hybridized carbons (Fsp3) is 0.571. The van der Waals surface area contributed by atoms with Gasteiger partial charge in [-0.25, -0.2) is 8.42 Å². The van der Waals surface area contributed by atoms with Crippen LogP contribution in [-0.2, 0) is 14.8 Å². The van der Waals surface area contributed by atoms with Crippen LogP contribution in [0.5, 0.6) is 0 Å². The van der Waals surface area contributed by atoms with Crippen LogP contribution in [0.1, 0.15) is 25.7 Å².